The van der Waals surface area contributed by atoms with E-state index in [0.717, 1.165) is 6.42 Å². The van der Waals surface area contributed by atoms with E-state index in [9.17, 15) is 9.59 Å². The second-order valence-corrected chi connectivity index (χ2v) is 6.25. The van der Waals surface area contributed by atoms with Crippen LogP contribution < -0.4 is 11.3 Å². The van der Waals surface area contributed by atoms with Crippen LogP contribution in [0.3, 0.4) is 0 Å². The minimum absolute atomic E-state index is 0.0600. The predicted octanol–water partition coefficient (Wildman–Crippen LogP) is 0.0342. The lowest BCUT2D eigenvalue weighted by Gasteiger charge is -2.37. The highest BCUT2D eigenvalue weighted by atomic mass is 16.7. The minimum Gasteiger partial charge on any atom is -0.460 e. The van der Waals surface area contributed by atoms with Crippen LogP contribution in [0.5, 0.6) is 0 Å². The molecule has 1 aliphatic rings. The van der Waals surface area contributed by atoms with E-state index in [1.54, 1.807) is 17.8 Å². The number of aromatic nitrogens is 4. The number of nitrogens with one attached hydrogen (secondary N) is 1. The zero-order valence-electron chi connectivity index (χ0n) is 14.2. The van der Waals surface area contributed by atoms with Crippen LogP contribution in [0, 0.1) is 5.92 Å². The number of aromatic amines is 1. The van der Waals surface area contributed by atoms with Crippen LogP contribution in [0.1, 0.15) is 20.3 Å². The number of esters is 1. The van der Waals surface area contributed by atoms with Crippen LogP contribution in [-0.2, 0) is 25.5 Å². The van der Waals surface area contributed by atoms with Gasteiger partial charge in [0.05, 0.1) is 19.5 Å². The van der Waals surface area contributed by atoms with Crippen molar-refractivity contribution in [2.75, 3.05) is 25.6 Å². The molecule has 10 nitrogen and oxygen atoms in total. The number of aryl methyl sites for hydroxylation is 1. The molecule has 0 aromatic carbocycles. The number of H-pyrrole nitrogens is 1. The van der Waals surface area contributed by atoms with Gasteiger partial charge in [-0.05, 0) is 13.3 Å². The smallest absolute Gasteiger partial charge is 0.302 e. The van der Waals surface area contributed by atoms with E-state index in [4.69, 9.17) is 19.9 Å². The number of hydrogen-bond donors (Lipinski definition) is 2. The van der Waals surface area contributed by atoms with Crippen LogP contribution in [0.2, 0.25) is 0 Å². The molecule has 2 aromatic rings. The van der Waals surface area contributed by atoms with Gasteiger partial charge in [-0.3, -0.25) is 14.6 Å². The van der Waals surface area contributed by atoms with Gasteiger partial charge in [-0.2, -0.15) is 4.98 Å². The lowest BCUT2D eigenvalue weighted by atomic mass is 10.1. The quantitative estimate of drug-likeness (QED) is 0.721. The minimum atomic E-state index is -0.910. The molecule has 0 saturated carbocycles. The van der Waals surface area contributed by atoms with Gasteiger partial charge in [0.25, 0.3) is 5.56 Å². The molecule has 1 fully saturated rings. The summed E-state index contributed by atoms with van der Waals surface area (Å²) in [6.45, 7) is 4.73. The zero-order chi connectivity index (χ0) is 18.0. The van der Waals surface area contributed by atoms with Gasteiger partial charge < -0.3 is 24.5 Å². The number of carbonyl (C=O) groups is 1. The molecule has 1 aliphatic heterocycles. The Bertz CT molecular complexity index is 821. The number of rotatable bonds is 5. The maximum Gasteiger partial charge on any atom is 0.302 e. The highest BCUT2D eigenvalue weighted by molar-refractivity contribution is 5.70. The molecule has 10 heteroatoms. The van der Waals surface area contributed by atoms with Gasteiger partial charge in [-0.1, -0.05) is 0 Å². The third-order valence-electron chi connectivity index (χ3n) is 4.06. The van der Waals surface area contributed by atoms with Gasteiger partial charge in [0.1, 0.15) is 6.61 Å². The van der Waals surface area contributed by atoms with Crippen LogP contribution in [0.25, 0.3) is 11.2 Å². The van der Waals surface area contributed by atoms with E-state index in [2.05, 4.69) is 15.0 Å². The molecule has 0 amide bonds. The fraction of sp³-hybridized carbons (Fsp3) is 0.600. The van der Waals surface area contributed by atoms with Gasteiger partial charge in [-0.25, -0.2) is 4.98 Å². The Kier molecular flexibility index (Phi) is 4.73. The summed E-state index contributed by atoms with van der Waals surface area (Å²) in [5, 5.41) is 0. The molecule has 1 saturated heterocycles. The number of imidazole rings is 1. The van der Waals surface area contributed by atoms with Crippen molar-refractivity contribution >= 4 is 23.1 Å². The van der Waals surface area contributed by atoms with Crippen molar-refractivity contribution < 1.29 is 19.0 Å². The summed E-state index contributed by atoms with van der Waals surface area (Å²) in [5.41, 5.74) is 5.95. The molecule has 3 heterocycles. The Labute approximate surface area is 143 Å². The number of carbonyl (C=O) groups excluding carboxylic acids is 1. The van der Waals surface area contributed by atoms with Gasteiger partial charge >= 0.3 is 5.97 Å². The number of nitrogens with zero attached hydrogens (tertiary/aromatic N) is 3. The van der Waals surface area contributed by atoms with Crippen LogP contribution >= 0.6 is 0 Å². The summed E-state index contributed by atoms with van der Waals surface area (Å²) in [4.78, 5) is 33.3. The fourth-order valence-electron chi connectivity index (χ4n) is 2.62. The van der Waals surface area contributed by atoms with Crippen molar-refractivity contribution in [2.24, 2.45) is 5.92 Å². The van der Waals surface area contributed by atoms with Crippen molar-refractivity contribution in [3.63, 3.8) is 0 Å². The molecule has 0 bridgehead atoms. The summed E-state index contributed by atoms with van der Waals surface area (Å²) in [5.74, 6) is -1.05. The molecular weight excluding hydrogens is 330 g/mol. The van der Waals surface area contributed by atoms with Crippen molar-refractivity contribution in [1.82, 2.24) is 19.5 Å². The van der Waals surface area contributed by atoms with E-state index < -0.39 is 5.79 Å². The van der Waals surface area contributed by atoms with Crippen LogP contribution in [0.4, 0.5) is 5.95 Å². The number of anilines is 1. The molecule has 3 rings (SSSR count). The standard InChI is InChI=1S/C15H21N5O5/c1-9(21)23-7-15(2)24-5-10(6-25-15)3-4-20-8-17-11-12(20)18-14(16)19-13(11)22/h8,10H,3-7H2,1-2H3,(H3,16,18,19,22). The molecule has 0 unspecified atom stereocenters. The topological polar surface area (TPSA) is 134 Å². The number of hydrogen-bond acceptors (Lipinski definition) is 8. The number of fused-ring (bicyclic) bond motifs is 1. The molecule has 0 aliphatic carbocycles. The molecular formula is C15H21N5O5. The summed E-state index contributed by atoms with van der Waals surface area (Å²) in [6.07, 6.45) is 2.32. The average Bonchev–Trinajstić information content (AvgIpc) is 2.96. The first-order chi connectivity index (χ1) is 11.9. The zero-order valence-corrected chi connectivity index (χ0v) is 14.2. The predicted molar refractivity (Wildman–Crippen MR) is 87.6 cm³/mol. The van der Waals surface area contributed by atoms with E-state index in [-0.39, 0.29) is 35.5 Å². The Morgan fingerprint density at radius 2 is 2.24 bits per heavy atom. The third-order valence-corrected chi connectivity index (χ3v) is 4.06. The Balaban J connectivity index is 1.57. The van der Waals surface area contributed by atoms with Gasteiger partial charge in [0.2, 0.25) is 5.95 Å². The van der Waals surface area contributed by atoms with Crippen LogP contribution in [0.15, 0.2) is 11.1 Å². The summed E-state index contributed by atoms with van der Waals surface area (Å²) >= 11 is 0. The summed E-state index contributed by atoms with van der Waals surface area (Å²) < 4.78 is 18.2. The van der Waals surface area contributed by atoms with E-state index in [1.165, 1.54) is 6.92 Å². The molecule has 0 atom stereocenters. The maximum absolute atomic E-state index is 11.8. The average molecular weight is 351 g/mol. The molecule has 2 aromatic heterocycles. The lowest BCUT2D eigenvalue weighted by Crippen LogP contribution is -2.45. The summed E-state index contributed by atoms with van der Waals surface area (Å²) in [7, 11) is 0. The van der Waals surface area contributed by atoms with Gasteiger partial charge in [-0.15, -0.1) is 0 Å². The third kappa shape index (κ3) is 3.97. The Morgan fingerprint density at radius 3 is 2.92 bits per heavy atom. The molecule has 136 valence electrons. The van der Waals surface area contributed by atoms with Crippen molar-refractivity contribution in [3.8, 4) is 0 Å². The first kappa shape index (κ1) is 17.4. The van der Waals surface area contributed by atoms with E-state index in [0.29, 0.717) is 25.4 Å². The molecule has 0 spiro atoms. The SMILES string of the molecule is CC(=O)OCC1(C)OCC(CCn2cnc3c(=O)[nH]c(N)nc32)CO1. The van der Waals surface area contributed by atoms with Crippen molar-refractivity contribution in [3.05, 3.63) is 16.7 Å². The Morgan fingerprint density at radius 1 is 1.52 bits per heavy atom. The first-order valence-corrected chi connectivity index (χ1v) is 7.98. The highest BCUT2D eigenvalue weighted by Gasteiger charge is 2.34. The summed E-state index contributed by atoms with van der Waals surface area (Å²) in [6, 6.07) is 0. The largest absolute Gasteiger partial charge is 0.460 e. The first-order valence-electron chi connectivity index (χ1n) is 7.98. The van der Waals surface area contributed by atoms with Crippen molar-refractivity contribution in [2.45, 2.75) is 32.6 Å². The number of ether oxygens (including phenoxy) is 3. The fourth-order valence-corrected chi connectivity index (χ4v) is 2.62. The molecule has 25 heavy (non-hydrogen) atoms. The normalized spacial score (nSPS) is 23.7. The van der Waals surface area contributed by atoms with Gasteiger partial charge in [0.15, 0.2) is 17.0 Å². The second-order valence-electron chi connectivity index (χ2n) is 6.25. The number of nitrogen functional groups attached to an aromatic ring is 1. The molecule has 0 radical (unpaired) electrons. The molecule has 3 N–H and O–H groups in total. The van der Waals surface area contributed by atoms with Gasteiger partial charge in [0, 0.05) is 19.4 Å². The van der Waals surface area contributed by atoms with Crippen molar-refractivity contribution in [1.29, 1.82) is 0 Å². The highest BCUT2D eigenvalue weighted by Crippen LogP contribution is 2.24. The lowest BCUT2D eigenvalue weighted by molar-refractivity contribution is -0.289. The van der Waals surface area contributed by atoms with E-state index in [1.807, 2.05) is 0 Å². The maximum atomic E-state index is 11.8. The second kappa shape index (κ2) is 6.81. The van der Waals surface area contributed by atoms with E-state index >= 15 is 0 Å². The monoisotopic (exact) mass is 351 g/mol. The Hall–Kier alpha value is -2.46. The van der Waals surface area contributed by atoms with Crippen LogP contribution in [-0.4, -0.2) is 51.1 Å². The number of nitrogens with two attached hydrogens (primary N) is 1.